The number of rotatable bonds is 1. The molecule has 6 heteroatoms. The highest BCUT2D eigenvalue weighted by Crippen LogP contribution is 2.12. The van der Waals surface area contributed by atoms with Crippen LogP contribution in [0.3, 0.4) is 0 Å². The fourth-order valence-corrected chi connectivity index (χ4v) is 1.96. The summed E-state index contributed by atoms with van der Waals surface area (Å²) in [6.45, 7) is 5.25. The van der Waals surface area contributed by atoms with Crippen molar-refractivity contribution in [3.63, 3.8) is 0 Å². The van der Waals surface area contributed by atoms with Gasteiger partial charge in [0.25, 0.3) is 5.56 Å². The highest BCUT2D eigenvalue weighted by molar-refractivity contribution is 5.92. The van der Waals surface area contributed by atoms with E-state index in [1.165, 1.54) is 18.2 Å². The summed E-state index contributed by atoms with van der Waals surface area (Å²) in [6.07, 6.45) is 0. The zero-order valence-corrected chi connectivity index (χ0v) is 10.9. The Morgan fingerprint density at radius 2 is 1.89 bits per heavy atom. The summed E-state index contributed by atoms with van der Waals surface area (Å²) in [5.74, 6) is -1.11. The number of carboxylic acids is 1. The van der Waals surface area contributed by atoms with Crippen LogP contribution in [-0.4, -0.2) is 20.6 Å². The van der Waals surface area contributed by atoms with Crippen molar-refractivity contribution in [2.45, 2.75) is 26.3 Å². The van der Waals surface area contributed by atoms with E-state index in [1.807, 2.05) is 0 Å². The molecule has 19 heavy (non-hydrogen) atoms. The first-order chi connectivity index (χ1) is 8.71. The van der Waals surface area contributed by atoms with E-state index in [2.05, 4.69) is 4.98 Å². The summed E-state index contributed by atoms with van der Waals surface area (Å²) in [6, 6.07) is 4.05. The number of aromatic amines is 1. The van der Waals surface area contributed by atoms with Gasteiger partial charge in [0.1, 0.15) is 0 Å². The molecule has 0 aliphatic heterocycles. The number of fused-ring (bicyclic) bond motifs is 1. The Balaban J connectivity index is 2.89. The predicted molar refractivity (Wildman–Crippen MR) is 70.8 cm³/mol. The zero-order valence-electron chi connectivity index (χ0n) is 10.9. The third kappa shape index (κ3) is 2.16. The maximum atomic E-state index is 12.3. The van der Waals surface area contributed by atoms with Crippen LogP contribution in [0.25, 0.3) is 10.9 Å². The van der Waals surface area contributed by atoms with Crippen molar-refractivity contribution in [3.8, 4) is 0 Å². The Morgan fingerprint density at radius 3 is 2.42 bits per heavy atom. The van der Waals surface area contributed by atoms with Crippen LogP contribution < -0.4 is 11.2 Å². The highest BCUT2D eigenvalue weighted by Gasteiger charge is 2.20. The average Bonchev–Trinajstić information content (AvgIpc) is 2.25. The molecule has 1 aromatic carbocycles. The molecule has 100 valence electrons. The van der Waals surface area contributed by atoms with Gasteiger partial charge in [-0.15, -0.1) is 0 Å². The second-order valence-electron chi connectivity index (χ2n) is 5.31. The molecule has 0 saturated carbocycles. The summed E-state index contributed by atoms with van der Waals surface area (Å²) in [7, 11) is 0. The van der Waals surface area contributed by atoms with E-state index < -0.39 is 22.8 Å². The second-order valence-corrected chi connectivity index (χ2v) is 5.31. The number of benzene rings is 1. The van der Waals surface area contributed by atoms with Crippen molar-refractivity contribution in [2.24, 2.45) is 0 Å². The molecule has 2 N–H and O–H groups in total. The maximum Gasteiger partial charge on any atom is 0.335 e. The molecule has 0 radical (unpaired) electrons. The molecule has 0 unspecified atom stereocenters. The van der Waals surface area contributed by atoms with Gasteiger partial charge in [0.15, 0.2) is 0 Å². The summed E-state index contributed by atoms with van der Waals surface area (Å²) < 4.78 is 1.12. The normalized spacial score (nSPS) is 11.7. The number of carbonyl (C=O) groups is 1. The fraction of sp³-hybridized carbons (Fsp3) is 0.308. The minimum atomic E-state index is -1.11. The number of nitrogens with zero attached hydrogens (tertiary/aromatic N) is 1. The number of aromatic nitrogens is 2. The van der Waals surface area contributed by atoms with Gasteiger partial charge >= 0.3 is 11.7 Å². The first-order valence-corrected chi connectivity index (χ1v) is 5.74. The molecule has 0 fully saturated rings. The van der Waals surface area contributed by atoms with Crippen molar-refractivity contribution in [1.29, 1.82) is 0 Å². The summed E-state index contributed by atoms with van der Waals surface area (Å²) in [5.41, 5.74) is -1.37. The van der Waals surface area contributed by atoms with E-state index in [4.69, 9.17) is 5.11 Å². The Bertz CT molecular complexity index is 778. The Kier molecular flexibility index (Phi) is 2.81. The highest BCUT2D eigenvalue weighted by atomic mass is 16.4. The topological polar surface area (TPSA) is 92.2 Å². The van der Waals surface area contributed by atoms with Crippen LogP contribution in [-0.2, 0) is 5.54 Å². The lowest BCUT2D eigenvalue weighted by atomic mass is 10.1. The summed E-state index contributed by atoms with van der Waals surface area (Å²) in [5, 5.41) is 9.18. The third-order valence-corrected chi connectivity index (χ3v) is 2.82. The lowest BCUT2D eigenvalue weighted by Crippen LogP contribution is -2.44. The van der Waals surface area contributed by atoms with Gasteiger partial charge in [-0.3, -0.25) is 9.36 Å². The number of hydrogen-bond donors (Lipinski definition) is 2. The molecule has 0 bridgehead atoms. The molecule has 0 spiro atoms. The molecular formula is C13H14N2O4. The molecule has 6 nitrogen and oxygen atoms in total. The van der Waals surface area contributed by atoms with Crippen LogP contribution in [0, 0.1) is 0 Å². The minimum absolute atomic E-state index is 0.0241. The molecule has 0 saturated heterocycles. The molecule has 0 aliphatic rings. The van der Waals surface area contributed by atoms with Gasteiger partial charge in [0.05, 0.1) is 16.5 Å². The number of nitrogens with one attached hydrogen (secondary N) is 1. The number of carboxylic acid groups (broad SMARTS) is 1. The van der Waals surface area contributed by atoms with Crippen LogP contribution in [0.2, 0.25) is 0 Å². The SMILES string of the molecule is CC(C)(C)n1c(=O)[nH]c2cc(C(=O)O)ccc2c1=O. The van der Waals surface area contributed by atoms with Crippen molar-refractivity contribution in [2.75, 3.05) is 0 Å². The minimum Gasteiger partial charge on any atom is -0.478 e. The quantitative estimate of drug-likeness (QED) is 0.806. The van der Waals surface area contributed by atoms with Crippen LogP contribution in [0.15, 0.2) is 27.8 Å². The fourth-order valence-electron chi connectivity index (χ4n) is 1.96. The predicted octanol–water partition coefficient (Wildman–Crippen LogP) is 1.14. The van der Waals surface area contributed by atoms with Crippen LogP contribution in [0.5, 0.6) is 0 Å². The molecule has 2 rings (SSSR count). The molecule has 1 aromatic heterocycles. The van der Waals surface area contributed by atoms with E-state index in [0.29, 0.717) is 5.39 Å². The lowest BCUT2D eigenvalue weighted by Gasteiger charge is -2.21. The van der Waals surface area contributed by atoms with Crippen molar-refractivity contribution < 1.29 is 9.90 Å². The monoisotopic (exact) mass is 262 g/mol. The van der Waals surface area contributed by atoms with Crippen molar-refractivity contribution >= 4 is 16.9 Å². The van der Waals surface area contributed by atoms with Gasteiger partial charge in [0.2, 0.25) is 0 Å². The zero-order chi connectivity index (χ0) is 14.4. The van der Waals surface area contributed by atoms with E-state index in [9.17, 15) is 14.4 Å². The van der Waals surface area contributed by atoms with Gasteiger partial charge in [0, 0.05) is 5.54 Å². The summed E-state index contributed by atoms with van der Waals surface area (Å²) >= 11 is 0. The Hall–Kier alpha value is -2.37. The van der Waals surface area contributed by atoms with E-state index >= 15 is 0 Å². The molecular weight excluding hydrogens is 248 g/mol. The van der Waals surface area contributed by atoms with E-state index in [-0.39, 0.29) is 11.1 Å². The molecule has 0 atom stereocenters. The molecule has 0 amide bonds. The second kappa shape index (κ2) is 4.08. The molecule has 1 heterocycles. The Morgan fingerprint density at radius 1 is 1.26 bits per heavy atom. The number of hydrogen-bond acceptors (Lipinski definition) is 3. The lowest BCUT2D eigenvalue weighted by molar-refractivity contribution is 0.0697. The number of H-pyrrole nitrogens is 1. The van der Waals surface area contributed by atoms with E-state index in [0.717, 1.165) is 4.57 Å². The maximum absolute atomic E-state index is 12.3. The first-order valence-electron chi connectivity index (χ1n) is 5.74. The van der Waals surface area contributed by atoms with Gasteiger partial charge in [-0.2, -0.15) is 0 Å². The smallest absolute Gasteiger partial charge is 0.335 e. The van der Waals surface area contributed by atoms with Crippen LogP contribution in [0.4, 0.5) is 0 Å². The van der Waals surface area contributed by atoms with Gasteiger partial charge in [-0.05, 0) is 39.0 Å². The van der Waals surface area contributed by atoms with Gasteiger partial charge in [-0.1, -0.05) is 0 Å². The van der Waals surface area contributed by atoms with Crippen molar-refractivity contribution in [3.05, 3.63) is 44.6 Å². The molecule has 0 aliphatic carbocycles. The van der Waals surface area contributed by atoms with Gasteiger partial charge in [-0.25, -0.2) is 9.59 Å². The van der Waals surface area contributed by atoms with E-state index in [1.54, 1.807) is 20.8 Å². The standard InChI is InChI=1S/C13H14N2O4/c1-13(2,3)15-10(16)8-5-4-7(11(17)18)6-9(8)14-12(15)19/h4-6H,1-3H3,(H,14,19)(H,17,18). The largest absolute Gasteiger partial charge is 0.478 e. The third-order valence-electron chi connectivity index (χ3n) is 2.82. The first kappa shape index (κ1) is 13.1. The molecule has 2 aromatic rings. The van der Waals surface area contributed by atoms with Crippen molar-refractivity contribution in [1.82, 2.24) is 9.55 Å². The Labute approximate surface area is 108 Å². The van der Waals surface area contributed by atoms with Crippen LogP contribution in [0.1, 0.15) is 31.1 Å². The average molecular weight is 262 g/mol. The van der Waals surface area contributed by atoms with Crippen LogP contribution >= 0.6 is 0 Å². The number of aromatic carboxylic acids is 1. The summed E-state index contributed by atoms with van der Waals surface area (Å²) in [4.78, 5) is 37.6. The van der Waals surface area contributed by atoms with Gasteiger partial charge < -0.3 is 10.1 Å².